The van der Waals surface area contributed by atoms with E-state index in [1.54, 1.807) is 41.3 Å². The largest absolute Gasteiger partial charge is 0.354 e. The first-order valence-corrected chi connectivity index (χ1v) is 13.7. The molecule has 0 aliphatic rings. The van der Waals surface area contributed by atoms with E-state index < -0.39 is 6.04 Å². The Morgan fingerprint density at radius 2 is 1.64 bits per heavy atom. The molecular weight excluding hydrogens is 518 g/mol. The highest BCUT2D eigenvalue weighted by atomic mass is 35.5. The van der Waals surface area contributed by atoms with Gasteiger partial charge in [-0.15, -0.1) is 11.8 Å². The van der Waals surface area contributed by atoms with Gasteiger partial charge in [-0.2, -0.15) is 0 Å². The molecule has 190 valence electrons. The molecule has 1 N–H and O–H groups in total. The van der Waals surface area contributed by atoms with Crippen LogP contribution in [-0.4, -0.2) is 35.1 Å². The van der Waals surface area contributed by atoms with Crippen molar-refractivity contribution < 1.29 is 14.0 Å². The zero-order valence-electron chi connectivity index (χ0n) is 20.1. The van der Waals surface area contributed by atoms with Gasteiger partial charge < -0.3 is 10.2 Å². The minimum absolute atomic E-state index is 0.0722. The van der Waals surface area contributed by atoms with Crippen molar-refractivity contribution in [3.63, 3.8) is 0 Å². The van der Waals surface area contributed by atoms with Gasteiger partial charge in [-0.3, -0.25) is 9.59 Å². The smallest absolute Gasteiger partial charge is 0.243 e. The average molecular weight is 548 g/mol. The van der Waals surface area contributed by atoms with Gasteiger partial charge in [0.25, 0.3) is 0 Å². The van der Waals surface area contributed by atoms with E-state index in [4.69, 9.17) is 23.2 Å². The summed E-state index contributed by atoms with van der Waals surface area (Å²) in [5.41, 5.74) is 2.03. The Morgan fingerprint density at radius 3 is 2.31 bits per heavy atom. The van der Waals surface area contributed by atoms with Gasteiger partial charge in [0.2, 0.25) is 11.8 Å². The topological polar surface area (TPSA) is 49.4 Å². The Kier molecular flexibility index (Phi) is 11.1. The van der Waals surface area contributed by atoms with Crippen molar-refractivity contribution in [1.29, 1.82) is 0 Å². The number of carbonyl (C=O) groups is 2. The number of nitrogens with one attached hydrogen (secondary N) is 1. The van der Waals surface area contributed by atoms with E-state index in [0.717, 1.165) is 12.0 Å². The molecule has 8 heteroatoms. The average Bonchev–Trinajstić information content (AvgIpc) is 2.88. The third-order valence-corrected chi connectivity index (χ3v) is 7.33. The molecule has 3 rings (SSSR count). The molecule has 0 spiro atoms. The lowest BCUT2D eigenvalue weighted by molar-refractivity contribution is -0.139. The Morgan fingerprint density at radius 1 is 0.972 bits per heavy atom. The molecule has 0 saturated carbocycles. The van der Waals surface area contributed by atoms with Crippen LogP contribution in [0.1, 0.15) is 30.0 Å². The summed E-state index contributed by atoms with van der Waals surface area (Å²) >= 11 is 14.2. The third kappa shape index (κ3) is 7.99. The molecule has 0 heterocycles. The fourth-order valence-electron chi connectivity index (χ4n) is 3.72. The standard InChI is InChI=1S/C28H29Cl2FN2O2S/c1-2-15-32-28(35)26(16-20-9-4-3-5-10-20)33(17-22-23(29)12-8-13-24(22)30)27(34)19-36-18-21-11-6-7-14-25(21)31/h3-14,26H,2,15-19H2,1H3,(H,32,35)/t26-/m0/s1. The number of nitrogens with zero attached hydrogens (tertiary/aromatic N) is 1. The lowest BCUT2D eigenvalue weighted by atomic mass is 10.0. The lowest BCUT2D eigenvalue weighted by Crippen LogP contribution is -2.51. The van der Waals surface area contributed by atoms with Gasteiger partial charge >= 0.3 is 0 Å². The van der Waals surface area contributed by atoms with Crippen LogP contribution in [0.4, 0.5) is 4.39 Å². The van der Waals surface area contributed by atoms with Crippen LogP contribution in [0.15, 0.2) is 72.8 Å². The van der Waals surface area contributed by atoms with Crippen molar-refractivity contribution in [2.45, 2.75) is 38.1 Å². The summed E-state index contributed by atoms with van der Waals surface area (Å²) in [6.07, 6.45) is 1.11. The van der Waals surface area contributed by atoms with Gasteiger partial charge in [0.1, 0.15) is 11.9 Å². The van der Waals surface area contributed by atoms with Crippen molar-refractivity contribution in [2.24, 2.45) is 0 Å². The second kappa shape index (κ2) is 14.3. The van der Waals surface area contributed by atoms with E-state index in [9.17, 15) is 14.0 Å². The van der Waals surface area contributed by atoms with Gasteiger partial charge in [-0.25, -0.2) is 4.39 Å². The molecule has 3 aromatic rings. The van der Waals surface area contributed by atoms with Crippen molar-refractivity contribution >= 4 is 46.8 Å². The highest BCUT2D eigenvalue weighted by Crippen LogP contribution is 2.28. The Bertz CT molecular complexity index is 1140. The predicted octanol–water partition coefficient (Wildman–Crippen LogP) is 6.53. The summed E-state index contributed by atoms with van der Waals surface area (Å²) in [5, 5.41) is 3.78. The maximum absolute atomic E-state index is 14.1. The molecule has 0 saturated heterocycles. The summed E-state index contributed by atoms with van der Waals surface area (Å²) in [7, 11) is 0. The van der Waals surface area contributed by atoms with Gasteiger partial charge in [0.15, 0.2) is 0 Å². The van der Waals surface area contributed by atoms with E-state index in [0.29, 0.717) is 39.9 Å². The zero-order chi connectivity index (χ0) is 25.9. The summed E-state index contributed by atoms with van der Waals surface area (Å²) in [6.45, 7) is 2.55. The maximum Gasteiger partial charge on any atom is 0.243 e. The molecule has 0 unspecified atom stereocenters. The van der Waals surface area contributed by atoms with Crippen molar-refractivity contribution in [2.75, 3.05) is 12.3 Å². The van der Waals surface area contributed by atoms with E-state index in [1.165, 1.54) is 17.8 Å². The van der Waals surface area contributed by atoms with Crippen LogP contribution in [0.5, 0.6) is 0 Å². The molecule has 0 aromatic heterocycles. The Labute approximate surface area is 226 Å². The number of hydrogen-bond acceptors (Lipinski definition) is 3. The van der Waals surface area contributed by atoms with Gasteiger partial charge in [-0.05, 0) is 35.7 Å². The number of thioether (sulfide) groups is 1. The first-order valence-electron chi connectivity index (χ1n) is 11.8. The van der Waals surface area contributed by atoms with E-state index in [2.05, 4.69) is 5.32 Å². The number of carbonyl (C=O) groups excluding carboxylic acids is 2. The van der Waals surface area contributed by atoms with Crippen molar-refractivity contribution in [1.82, 2.24) is 10.2 Å². The van der Waals surface area contributed by atoms with Crippen LogP contribution in [-0.2, 0) is 28.3 Å². The summed E-state index contributed by atoms with van der Waals surface area (Å²) in [6, 6.07) is 20.4. The van der Waals surface area contributed by atoms with Crippen LogP contribution < -0.4 is 5.32 Å². The third-order valence-electron chi connectivity index (χ3n) is 5.65. The number of rotatable bonds is 12. The van der Waals surface area contributed by atoms with E-state index >= 15 is 0 Å². The van der Waals surface area contributed by atoms with E-state index in [-0.39, 0.29) is 29.9 Å². The lowest BCUT2D eigenvalue weighted by Gasteiger charge is -2.32. The second-order valence-corrected chi connectivity index (χ2v) is 10.1. The molecule has 1 atom stereocenters. The van der Waals surface area contributed by atoms with Gasteiger partial charge in [0.05, 0.1) is 5.75 Å². The number of benzene rings is 3. The van der Waals surface area contributed by atoms with Crippen LogP contribution in [0.2, 0.25) is 10.0 Å². The Hall–Kier alpha value is -2.54. The van der Waals surface area contributed by atoms with Crippen molar-refractivity contribution in [3.05, 3.63) is 105 Å². The minimum Gasteiger partial charge on any atom is -0.354 e. The second-order valence-electron chi connectivity index (χ2n) is 8.30. The molecule has 3 aromatic carbocycles. The van der Waals surface area contributed by atoms with Gasteiger partial charge in [-0.1, -0.05) is 84.7 Å². The van der Waals surface area contributed by atoms with Crippen LogP contribution in [0, 0.1) is 5.82 Å². The molecule has 0 radical (unpaired) electrons. The van der Waals surface area contributed by atoms with Gasteiger partial charge in [0, 0.05) is 40.9 Å². The quantitative estimate of drug-likeness (QED) is 0.281. The first kappa shape index (κ1) is 28.0. The monoisotopic (exact) mass is 546 g/mol. The molecular formula is C28H29Cl2FN2O2S. The molecule has 2 amide bonds. The fourth-order valence-corrected chi connectivity index (χ4v) is 5.13. The molecule has 0 aliphatic carbocycles. The maximum atomic E-state index is 14.1. The summed E-state index contributed by atoms with van der Waals surface area (Å²) < 4.78 is 14.1. The van der Waals surface area contributed by atoms with Crippen LogP contribution >= 0.6 is 35.0 Å². The minimum atomic E-state index is -0.771. The molecule has 0 aliphatic heterocycles. The summed E-state index contributed by atoms with van der Waals surface area (Å²) in [4.78, 5) is 28.5. The number of halogens is 3. The first-order chi connectivity index (χ1) is 17.4. The normalized spacial score (nSPS) is 11.7. The fraction of sp³-hybridized carbons (Fsp3) is 0.286. The molecule has 36 heavy (non-hydrogen) atoms. The highest BCUT2D eigenvalue weighted by Gasteiger charge is 2.31. The number of hydrogen-bond donors (Lipinski definition) is 1. The zero-order valence-corrected chi connectivity index (χ0v) is 22.4. The SMILES string of the molecule is CCCNC(=O)[C@H](Cc1ccccc1)N(Cc1c(Cl)cccc1Cl)C(=O)CSCc1ccccc1F. The van der Waals surface area contributed by atoms with Crippen LogP contribution in [0.25, 0.3) is 0 Å². The predicted molar refractivity (Wildman–Crippen MR) is 147 cm³/mol. The molecule has 0 bridgehead atoms. The van der Waals surface area contributed by atoms with E-state index in [1.807, 2.05) is 37.3 Å². The van der Waals surface area contributed by atoms with Crippen molar-refractivity contribution in [3.8, 4) is 0 Å². The number of amides is 2. The van der Waals surface area contributed by atoms with Crippen LogP contribution in [0.3, 0.4) is 0 Å². The molecule has 0 fully saturated rings. The summed E-state index contributed by atoms with van der Waals surface area (Å²) in [5.74, 6) is -0.387. The highest BCUT2D eigenvalue weighted by molar-refractivity contribution is 7.99. The Balaban J connectivity index is 1.89. The molecule has 4 nitrogen and oxygen atoms in total.